The molecule has 1 aliphatic heterocycles. The number of hydrogen-bond acceptors (Lipinski definition) is 4. The Morgan fingerprint density at radius 1 is 1.47 bits per heavy atom. The Bertz CT molecular complexity index is 507. The molecule has 4 nitrogen and oxygen atoms in total. The number of aliphatic hydroxyl groups excluding tert-OH is 1. The monoisotopic (exact) mass is 338 g/mol. The summed E-state index contributed by atoms with van der Waals surface area (Å²) >= 11 is 3.19. The number of alkyl halides is 4. The Hall–Kier alpha value is -1.28. The van der Waals surface area contributed by atoms with E-state index in [9.17, 15) is 18.3 Å². The van der Waals surface area contributed by atoms with Gasteiger partial charge in [0.2, 0.25) is 0 Å². The summed E-state index contributed by atoms with van der Waals surface area (Å²) in [6.07, 6.45) is -3.07. The predicted octanol–water partition coefficient (Wildman–Crippen LogP) is 2.49. The Morgan fingerprint density at radius 3 is 2.68 bits per heavy atom. The molecular weight excluding hydrogens is 329 g/mol. The summed E-state index contributed by atoms with van der Waals surface area (Å²) in [6, 6.07) is 1.75. The van der Waals surface area contributed by atoms with Crippen LogP contribution in [-0.2, 0) is 10.9 Å². The molecule has 2 heterocycles. The molecule has 0 saturated carbocycles. The Balaban J connectivity index is 2.36. The van der Waals surface area contributed by atoms with Gasteiger partial charge in [0, 0.05) is 12.4 Å². The van der Waals surface area contributed by atoms with Crippen LogP contribution in [0.25, 0.3) is 0 Å². The molecule has 0 saturated heterocycles. The van der Waals surface area contributed by atoms with Gasteiger partial charge in [-0.25, -0.2) is 4.98 Å². The van der Waals surface area contributed by atoms with Gasteiger partial charge in [0.1, 0.15) is 16.4 Å². The second-order valence-electron chi connectivity index (χ2n) is 3.86. The molecule has 1 aromatic rings. The minimum Gasteiger partial charge on any atom is -0.498 e. The van der Waals surface area contributed by atoms with Crippen LogP contribution in [0.4, 0.5) is 19.0 Å². The molecule has 1 N–H and O–H groups in total. The highest BCUT2D eigenvalue weighted by Gasteiger charge is 2.36. The fourth-order valence-electron chi connectivity index (χ4n) is 1.68. The van der Waals surface area contributed by atoms with Gasteiger partial charge >= 0.3 is 6.18 Å². The van der Waals surface area contributed by atoms with Gasteiger partial charge in [-0.05, 0) is 12.1 Å². The van der Waals surface area contributed by atoms with Crippen molar-refractivity contribution in [2.24, 2.45) is 0 Å². The molecule has 1 aliphatic rings. The van der Waals surface area contributed by atoms with Crippen molar-refractivity contribution in [2.75, 3.05) is 12.0 Å². The van der Waals surface area contributed by atoms with Crippen molar-refractivity contribution in [2.45, 2.75) is 17.2 Å². The molecule has 104 valence electrons. The summed E-state index contributed by atoms with van der Waals surface area (Å²) in [5.41, 5.74) is -0.824. The lowest BCUT2D eigenvalue weighted by molar-refractivity contribution is -0.137. The standard InChI is InChI=1S/C11H10BrF3N2O2/c1-19-7-5-17(10(18)9(7)12)8-4-6(2-3-16-8)11(13,14)15/h2-5,9-10,18H,1H3. The minimum absolute atomic E-state index is 0.00109. The predicted molar refractivity (Wildman–Crippen MR) is 65.5 cm³/mol. The van der Waals surface area contributed by atoms with Crippen LogP contribution in [0, 0.1) is 0 Å². The number of aliphatic hydroxyl groups is 1. The molecule has 0 aliphatic carbocycles. The van der Waals surface area contributed by atoms with Gasteiger partial charge in [-0.1, -0.05) is 15.9 Å². The van der Waals surface area contributed by atoms with E-state index in [1.165, 1.54) is 18.2 Å². The summed E-state index contributed by atoms with van der Waals surface area (Å²) < 4.78 is 42.8. The highest BCUT2D eigenvalue weighted by Crippen LogP contribution is 2.34. The average molecular weight is 339 g/mol. The number of hydrogen-bond donors (Lipinski definition) is 1. The van der Waals surface area contributed by atoms with E-state index in [0.717, 1.165) is 18.3 Å². The van der Waals surface area contributed by atoms with Crippen LogP contribution in [0.15, 0.2) is 30.3 Å². The van der Waals surface area contributed by atoms with Gasteiger partial charge in [-0.15, -0.1) is 0 Å². The summed E-state index contributed by atoms with van der Waals surface area (Å²) in [4.78, 5) is 4.53. The van der Waals surface area contributed by atoms with Crippen molar-refractivity contribution in [3.63, 3.8) is 0 Å². The molecule has 2 rings (SSSR count). The van der Waals surface area contributed by atoms with E-state index in [1.54, 1.807) is 0 Å². The van der Waals surface area contributed by atoms with E-state index in [2.05, 4.69) is 20.9 Å². The number of methoxy groups -OCH3 is 1. The highest BCUT2D eigenvalue weighted by atomic mass is 79.9. The molecule has 8 heteroatoms. The Labute approximate surface area is 115 Å². The third-order valence-electron chi connectivity index (χ3n) is 2.66. The maximum atomic E-state index is 12.6. The van der Waals surface area contributed by atoms with E-state index < -0.39 is 22.8 Å². The number of anilines is 1. The molecule has 2 unspecified atom stereocenters. The molecule has 0 radical (unpaired) electrons. The second-order valence-corrected chi connectivity index (χ2v) is 4.85. The smallest absolute Gasteiger partial charge is 0.416 e. The zero-order valence-electron chi connectivity index (χ0n) is 9.73. The van der Waals surface area contributed by atoms with Crippen LogP contribution in [0.2, 0.25) is 0 Å². The number of ether oxygens (including phenoxy) is 1. The summed E-state index contributed by atoms with van der Waals surface area (Å²) in [5.74, 6) is 0.408. The van der Waals surface area contributed by atoms with E-state index in [1.807, 2.05) is 0 Å². The van der Waals surface area contributed by atoms with Gasteiger partial charge in [-0.3, -0.25) is 0 Å². The lowest BCUT2D eigenvalue weighted by Crippen LogP contribution is -2.33. The minimum atomic E-state index is -4.45. The molecule has 0 bridgehead atoms. The van der Waals surface area contributed by atoms with Crippen molar-refractivity contribution in [3.8, 4) is 0 Å². The number of pyridine rings is 1. The van der Waals surface area contributed by atoms with Crippen molar-refractivity contribution in [1.82, 2.24) is 4.98 Å². The summed E-state index contributed by atoms with van der Waals surface area (Å²) in [5, 5.41) is 9.93. The Morgan fingerprint density at radius 2 is 2.16 bits per heavy atom. The highest BCUT2D eigenvalue weighted by molar-refractivity contribution is 9.09. The zero-order valence-corrected chi connectivity index (χ0v) is 11.3. The normalized spacial score (nSPS) is 23.5. The lowest BCUT2D eigenvalue weighted by Gasteiger charge is -2.22. The molecule has 1 aromatic heterocycles. The average Bonchev–Trinajstić information content (AvgIpc) is 2.65. The maximum absolute atomic E-state index is 12.6. The topological polar surface area (TPSA) is 45.6 Å². The molecule has 0 aromatic carbocycles. The summed E-state index contributed by atoms with van der Waals surface area (Å²) in [6.45, 7) is 0. The lowest BCUT2D eigenvalue weighted by atomic mass is 10.2. The molecule has 0 spiro atoms. The number of rotatable bonds is 2. The van der Waals surface area contributed by atoms with Crippen LogP contribution in [0.5, 0.6) is 0 Å². The van der Waals surface area contributed by atoms with Crippen molar-refractivity contribution >= 4 is 21.7 Å². The van der Waals surface area contributed by atoms with Gasteiger partial charge in [0.15, 0.2) is 6.23 Å². The van der Waals surface area contributed by atoms with Crippen LogP contribution >= 0.6 is 15.9 Å². The van der Waals surface area contributed by atoms with Gasteiger partial charge in [0.25, 0.3) is 0 Å². The number of aromatic nitrogens is 1. The second kappa shape index (κ2) is 5.01. The Kier molecular flexibility index (Phi) is 3.73. The molecule has 0 amide bonds. The maximum Gasteiger partial charge on any atom is 0.416 e. The fraction of sp³-hybridized carbons (Fsp3) is 0.364. The molecular formula is C11H10BrF3N2O2. The van der Waals surface area contributed by atoms with Crippen LogP contribution < -0.4 is 4.90 Å². The van der Waals surface area contributed by atoms with E-state index in [4.69, 9.17) is 4.74 Å². The van der Waals surface area contributed by atoms with Crippen LogP contribution in [0.1, 0.15) is 5.56 Å². The van der Waals surface area contributed by atoms with Crippen LogP contribution in [-0.4, -0.2) is 28.3 Å². The first kappa shape index (κ1) is 14.1. The number of halogens is 4. The van der Waals surface area contributed by atoms with Crippen LogP contribution in [0.3, 0.4) is 0 Å². The SMILES string of the molecule is COC1=CN(c2cc(C(F)(F)F)ccn2)C(O)C1Br. The first-order valence-electron chi connectivity index (χ1n) is 5.24. The largest absolute Gasteiger partial charge is 0.498 e. The third kappa shape index (κ3) is 2.69. The molecule has 19 heavy (non-hydrogen) atoms. The van der Waals surface area contributed by atoms with Gasteiger partial charge in [0.05, 0.1) is 12.7 Å². The first-order valence-corrected chi connectivity index (χ1v) is 6.15. The third-order valence-corrected chi connectivity index (χ3v) is 3.58. The summed E-state index contributed by atoms with van der Waals surface area (Å²) in [7, 11) is 1.41. The van der Waals surface area contributed by atoms with Crippen molar-refractivity contribution in [1.29, 1.82) is 0 Å². The molecule has 2 atom stereocenters. The number of nitrogens with zero attached hydrogens (tertiary/aromatic N) is 2. The first-order chi connectivity index (χ1) is 8.84. The van der Waals surface area contributed by atoms with E-state index in [0.29, 0.717) is 5.76 Å². The van der Waals surface area contributed by atoms with Crippen molar-refractivity contribution < 1.29 is 23.0 Å². The van der Waals surface area contributed by atoms with Crippen molar-refractivity contribution in [3.05, 3.63) is 35.9 Å². The van der Waals surface area contributed by atoms with E-state index in [-0.39, 0.29) is 5.82 Å². The van der Waals surface area contributed by atoms with Gasteiger partial charge < -0.3 is 14.7 Å². The van der Waals surface area contributed by atoms with Gasteiger partial charge in [-0.2, -0.15) is 13.2 Å². The van der Waals surface area contributed by atoms with E-state index >= 15 is 0 Å². The quantitative estimate of drug-likeness (QED) is 0.841. The fourth-order valence-corrected chi connectivity index (χ4v) is 2.24. The molecule has 0 fully saturated rings. The zero-order chi connectivity index (χ0) is 14.2.